The Balaban J connectivity index is 1.49. The summed E-state index contributed by atoms with van der Waals surface area (Å²) in [7, 11) is 1.51. The van der Waals surface area contributed by atoms with Crippen LogP contribution < -0.4 is 14.2 Å². The molecule has 0 spiro atoms. The number of hydrogen-bond donors (Lipinski definition) is 2. The molecule has 0 unspecified atom stereocenters. The summed E-state index contributed by atoms with van der Waals surface area (Å²) < 4.78 is 33.0. The largest absolute Gasteiger partial charge is 0.493 e. The van der Waals surface area contributed by atoms with Gasteiger partial charge in [-0.15, -0.1) is 0 Å². The van der Waals surface area contributed by atoms with Gasteiger partial charge < -0.3 is 24.3 Å². The summed E-state index contributed by atoms with van der Waals surface area (Å²) in [6.07, 6.45) is 1.83. The minimum Gasteiger partial charge on any atom is -0.493 e. The van der Waals surface area contributed by atoms with E-state index >= 15 is 4.39 Å². The highest BCUT2D eigenvalue weighted by Gasteiger charge is 2.52. The molecule has 2 N–H and O–H groups in total. The SMILES string of the molecule is COc1cc2c(Oc3ccc4[nH]c(C)cc4c3F)ncnc2cc1OC[C@@]1(C(C)(C)C)CCCN1C(=O)O. The highest BCUT2D eigenvalue weighted by atomic mass is 19.1. The Labute approximate surface area is 219 Å². The number of nitrogens with zero attached hydrogens (tertiary/aromatic N) is 3. The van der Waals surface area contributed by atoms with Crippen molar-refractivity contribution in [2.75, 3.05) is 20.3 Å². The molecule has 0 aliphatic carbocycles. The molecule has 2 aromatic heterocycles. The van der Waals surface area contributed by atoms with Gasteiger partial charge >= 0.3 is 6.09 Å². The lowest BCUT2D eigenvalue weighted by atomic mass is 9.72. The molecule has 1 amide bonds. The van der Waals surface area contributed by atoms with Gasteiger partial charge in [-0.2, -0.15) is 0 Å². The number of fused-ring (bicyclic) bond motifs is 2. The summed E-state index contributed by atoms with van der Waals surface area (Å²) in [6, 6.07) is 8.42. The van der Waals surface area contributed by atoms with Gasteiger partial charge in [-0.25, -0.2) is 19.2 Å². The number of hydrogen-bond acceptors (Lipinski definition) is 6. The summed E-state index contributed by atoms with van der Waals surface area (Å²) >= 11 is 0. The predicted molar refractivity (Wildman–Crippen MR) is 141 cm³/mol. The van der Waals surface area contributed by atoms with Crippen molar-refractivity contribution in [1.82, 2.24) is 19.9 Å². The zero-order chi connectivity index (χ0) is 27.2. The fourth-order valence-corrected chi connectivity index (χ4v) is 5.37. The molecular formula is C28H31FN4O5. The maximum Gasteiger partial charge on any atom is 0.407 e. The van der Waals surface area contributed by atoms with E-state index in [1.54, 1.807) is 30.3 Å². The third kappa shape index (κ3) is 4.23. The van der Waals surface area contributed by atoms with Crippen LogP contribution in [0.5, 0.6) is 23.1 Å². The van der Waals surface area contributed by atoms with Crippen LogP contribution in [0.3, 0.4) is 0 Å². The van der Waals surface area contributed by atoms with Gasteiger partial charge in [0.1, 0.15) is 12.9 Å². The van der Waals surface area contributed by atoms with Gasteiger partial charge in [0.2, 0.25) is 5.88 Å². The second-order valence-corrected chi connectivity index (χ2v) is 10.7. The summed E-state index contributed by atoms with van der Waals surface area (Å²) in [6.45, 7) is 8.55. The van der Waals surface area contributed by atoms with Crippen LogP contribution in [-0.4, -0.2) is 56.9 Å². The number of likely N-dealkylation sites (tertiary alicyclic amines) is 1. The molecular weight excluding hydrogens is 491 g/mol. The van der Waals surface area contributed by atoms with Gasteiger partial charge in [-0.1, -0.05) is 20.8 Å². The Hall–Kier alpha value is -4.08. The molecule has 2 aromatic carbocycles. The van der Waals surface area contributed by atoms with E-state index in [9.17, 15) is 9.90 Å². The van der Waals surface area contributed by atoms with Crippen LogP contribution in [0.25, 0.3) is 21.8 Å². The van der Waals surface area contributed by atoms with Crippen LogP contribution in [0.2, 0.25) is 0 Å². The van der Waals surface area contributed by atoms with Crippen LogP contribution >= 0.6 is 0 Å². The Bertz CT molecular complexity index is 1530. The van der Waals surface area contributed by atoms with E-state index < -0.39 is 17.4 Å². The first-order chi connectivity index (χ1) is 18.0. The number of halogens is 1. The van der Waals surface area contributed by atoms with Gasteiger partial charge in [-0.3, -0.25) is 4.90 Å². The van der Waals surface area contributed by atoms with Crippen molar-refractivity contribution in [2.24, 2.45) is 5.41 Å². The lowest BCUT2D eigenvalue weighted by Crippen LogP contribution is -2.58. The van der Waals surface area contributed by atoms with Gasteiger partial charge in [0.05, 0.1) is 23.6 Å². The van der Waals surface area contributed by atoms with E-state index in [2.05, 4.69) is 15.0 Å². The Morgan fingerprint density at radius 1 is 1.16 bits per heavy atom. The van der Waals surface area contributed by atoms with Crippen molar-refractivity contribution in [3.8, 4) is 23.1 Å². The molecule has 0 saturated carbocycles. The number of aryl methyl sites for hydroxylation is 1. The lowest BCUT2D eigenvalue weighted by molar-refractivity contribution is -0.00417. The third-order valence-corrected chi connectivity index (χ3v) is 7.51. The molecule has 10 heteroatoms. The number of methoxy groups -OCH3 is 1. The number of carbonyl (C=O) groups is 1. The number of amides is 1. The van der Waals surface area contributed by atoms with Crippen LogP contribution in [0.15, 0.2) is 36.7 Å². The van der Waals surface area contributed by atoms with Crippen molar-refractivity contribution in [1.29, 1.82) is 0 Å². The van der Waals surface area contributed by atoms with E-state index in [0.717, 1.165) is 12.1 Å². The minimum absolute atomic E-state index is 0.0397. The normalized spacial score (nSPS) is 17.8. The number of benzene rings is 2. The van der Waals surface area contributed by atoms with Crippen molar-refractivity contribution in [3.63, 3.8) is 0 Å². The van der Waals surface area contributed by atoms with E-state index in [0.29, 0.717) is 46.3 Å². The number of aromatic amines is 1. The second-order valence-electron chi connectivity index (χ2n) is 10.7. The molecule has 0 radical (unpaired) electrons. The van der Waals surface area contributed by atoms with Crippen molar-refractivity contribution in [3.05, 3.63) is 48.2 Å². The first-order valence-electron chi connectivity index (χ1n) is 12.5. The molecule has 4 aromatic rings. The predicted octanol–water partition coefficient (Wildman–Crippen LogP) is 6.30. The Kier molecular flexibility index (Phi) is 6.28. The molecule has 200 valence electrons. The van der Waals surface area contributed by atoms with Gasteiger partial charge in [0.15, 0.2) is 23.1 Å². The molecule has 38 heavy (non-hydrogen) atoms. The fourth-order valence-electron chi connectivity index (χ4n) is 5.37. The molecule has 1 saturated heterocycles. The zero-order valence-electron chi connectivity index (χ0n) is 22.1. The van der Waals surface area contributed by atoms with Crippen LogP contribution in [0, 0.1) is 18.2 Å². The van der Waals surface area contributed by atoms with E-state index in [1.165, 1.54) is 18.3 Å². The maximum atomic E-state index is 15.2. The molecule has 3 heterocycles. The zero-order valence-corrected chi connectivity index (χ0v) is 22.1. The number of rotatable bonds is 6. The number of carboxylic acid groups (broad SMARTS) is 1. The molecule has 1 aliphatic rings. The van der Waals surface area contributed by atoms with E-state index in [-0.39, 0.29) is 23.7 Å². The quantitative estimate of drug-likeness (QED) is 0.306. The molecule has 1 fully saturated rings. The molecule has 1 aliphatic heterocycles. The van der Waals surface area contributed by atoms with E-state index in [4.69, 9.17) is 14.2 Å². The minimum atomic E-state index is -0.957. The monoisotopic (exact) mass is 522 g/mol. The maximum absolute atomic E-state index is 15.2. The number of aromatic nitrogens is 3. The highest BCUT2D eigenvalue weighted by molar-refractivity contribution is 5.87. The van der Waals surface area contributed by atoms with Gasteiger partial charge in [0.25, 0.3) is 0 Å². The van der Waals surface area contributed by atoms with Crippen LogP contribution in [0.1, 0.15) is 39.3 Å². The standard InChI is InChI=1S/C28H31FN4O5/c1-16-11-17-19(32-16)7-8-21(24(17)29)38-25-18-12-22(36-5)23(13-20(18)30-15-31-25)37-14-28(27(2,3)4)9-6-10-33(28)26(34)35/h7-8,11-13,15,32H,6,9-10,14H2,1-5H3,(H,34,35)/t28-/m1/s1. The molecule has 5 rings (SSSR count). The molecule has 0 bridgehead atoms. The summed E-state index contributed by atoms with van der Waals surface area (Å²) in [5, 5.41) is 10.8. The van der Waals surface area contributed by atoms with Gasteiger partial charge in [-0.05, 0) is 49.4 Å². The Morgan fingerprint density at radius 3 is 2.66 bits per heavy atom. The number of H-pyrrole nitrogens is 1. The average Bonchev–Trinajstić information content (AvgIpc) is 3.48. The smallest absolute Gasteiger partial charge is 0.407 e. The van der Waals surface area contributed by atoms with Crippen LogP contribution in [-0.2, 0) is 0 Å². The molecule has 1 atom stereocenters. The molecule has 9 nitrogen and oxygen atoms in total. The first kappa shape index (κ1) is 25.6. The first-order valence-corrected chi connectivity index (χ1v) is 12.5. The third-order valence-electron chi connectivity index (χ3n) is 7.51. The number of ether oxygens (including phenoxy) is 3. The summed E-state index contributed by atoms with van der Waals surface area (Å²) in [5.41, 5.74) is 0.971. The topological polar surface area (TPSA) is 110 Å². The lowest BCUT2D eigenvalue weighted by Gasteiger charge is -2.46. The van der Waals surface area contributed by atoms with Crippen molar-refractivity contribution >= 4 is 27.9 Å². The summed E-state index contributed by atoms with van der Waals surface area (Å²) in [4.78, 5) is 25.2. The average molecular weight is 523 g/mol. The Morgan fingerprint density at radius 2 is 1.95 bits per heavy atom. The second kappa shape index (κ2) is 9.34. The van der Waals surface area contributed by atoms with Crippen molar-refractivity contribution in [2.45, 2.75) is 46.1 Å². The van der Waals surface area contributed by atoms with E-state index in [1.807, 2.05) is 27.7 Å². The van der Waals surface area contributed by atoms with Crippen LogP contribution in [0.4, 0.5) is 9.18 Å². The number of nitrogens with one attached hydrogen (secondary N) is 1. The summed E-state index contributed by atoms with van der Waals surface area (Å²) in [5.74, 6) is 0.541. The fraction of sp³-hybridized carbons (Fsp3) is 0.393. The highest BCUT2D eigenvalue weighted by Crippen LogP contribution is 2.45. The van der Waals surface area contributed by atoms with Gasteiger partial charge in [0, 0.05) is 29.2 Å². The van der Waals surface area contributed by atoms with Crippen molar-refractivity contribution < 1.29 is 28.5 Å².